The fourth-order valence-electron chi connectivity index (χ4n) is 5.53. The highest BCUT2D eigenvalue weighted by atomic mass is 19.1. The first-order valence-electron chi connectivity index (χ1n) is 13.6. The number of nitrogens with zero attached hydrogens (tertiary/aromatic N) is 3. The van der Waals surface area contributed by atoms with Gasteiger partial charge in [0.1, 0.15) is 11.9 Å². The molecule has 0 saturated carbocycles. The zero-order valence-corrected chi connectivity index (χ0v) is 22.4. The minimum absolute atomic E-state index is 0.140. The van der Waals surface area contributed by atoms with Crippen molar-refractivity contribution in [3.8, 4) is 5.69 Å². The number of likely N-dealkylation sites (tertiary alicyclic amines) is 1. The number of halogens is 1. The fraction of sp³-hybridized carbons (Fsp3) is 0.312. The SMILES string of the molecule is CCOC(=O)C(c1ccccc1)N1CCC(c2ccc(-n3ccn([C@@H](C)c4ccc(F)cc4)c3=O)cc2)CC1. The molecular weight excluding hydrogens is 493 g/mol. The van der Waals surface area contributed by atoms with Crippen LogP contribution in [-0.2, 0) is 9.53 Å². The van der Waals surface area contributed by atoms with Gasteiger partial charge >= 0.3 is 11.7 Å². The van der Waals surface area contributed by atoms with E-state index in [1.165, 1.54) is 17.7 Å². The van der Waals surface area contributed by atoms with Crippen molar-refractivity contribution >= 4 is 5.97 Å². The van der Waals surface area contributed by atoms with Crippen LogP contribution in [-0.4, -0.2) is 39.7 Å². The first-order valence-corrected chi connectivity index (χ1v) is 13.6. The van der Waals surface area contributed by atoms with Crippen molar-refractivity contribution in [2.24, 2.45) is 0 Å². The lowest BCUT2D eigenvalue weighted by Crippen LogP contribution is -2.40. The number of esters is 1. The fourth-order valence-corrected chi connectivity index (χ4v) is 5.53. The number of imidazole rings is 1. The molecule has 3 aromatic carbocycles. The van der Waals surface area contributed by atoms with E-state index in [9.17, 15) is 14.0 Å². The van der Waals surface area contributed by atoms with E-state index >= 15 is 0 Å². The highest BCUT2D eigenvalue weighted by Crippen LogP contribution is 2.33. The van der Waals surface area contributed by atoms with Crippen molar-refractivity contribution in [3.05, 3.63) is 124 Å². The molecule has 1 unspecified atom stereocenters. The smallest absolute Gasteiger partial charge is 0.333 e. The van der Waals surface area contributed by atoms with E-state index in [1.807, 2.05) is 56.3 Å². The summed E-state index contributed by atoms with van der Waals surface area (Å²) >= 11 is 0. The van der Waals surface area contributed by atoms with Crippen LogP contribution in [0.4, 0.5) is 4.39 Å². The lowest BCUT2D eigenvalue weighted by atomic mass is 9.88. The second-order valence-electron chi connectivity index (χ2n) is 10.1. The molecule has 1 aliphatic rings. The Balaban J connectivity index is 1.27. The highest BCUT2D eigenvalue weighted by molar-refractivity contribution is 5.77. The molecular formula is C32H34FN3O3. The van der Waals surface area contributed by atoms with Gasteiger partial charge in [0, 0.05) is 12.4 Å². The second kappa shape index (κ2) is 11.8. The molecule has 6 nitrogen and oxygen atoms in total. The van der Waals surface area contributed by atoms with Crippen LogP contribution in [0, 0.1) is 5.82 Å². The third-order valence-electron chi connectivity index (χ3n) is 7.74. The Morgan fingerprint density at radius 3 is 2.23 bits per heavy atom. The minimum Gasteiger partial charge on any atom is -0.465 e. The summed E-state index contributed by atoms with van der Waals surface area (Å²) in [6.07, 6.45) is 5.42. The van der Waals surface area contributed by atoms with Gasteiger partial charge < -0.3 is 4.74 Å². The molecule has 0 bridgehead atoms. The maximum Gasteiger partial charge on any atom is 0.333 e. The van der Waals surface area contributed by atoms with E-state index in [0.717, 1.165) is 42.7 Å². The van der Waals surface area contributed by atoms with Crippen molar-refractivity contribution in [1.82, 2.24) is 14.0 Å². The predicted molar refractivity (Wildman–Crippen MR) is 150 cm³/mol. The number of benzene rings is 3. The van der Waals surface area contributed by atoms with E-state index in [0.29, 0.717) is 12.5 Å². The summed E-state index contributed by atoms with van der Waals surface area (Å²) in [7, 11) is 0. The maximum atomic E-state index is 13.3. The first-order chi connectivity index (χ1) is 19.0. The van der Waals surface area contributed by atoms with Gasteiger partial charge in [0.25, 0.3) is 0 Å². The summed E-state index contributed by atoms with van der Waals surface area (Å²) in [6.45, 7) is 5.73. The van der Waals surface area contributed by atoms with E-state index in [1.54, 1.807) is 33.7 Å². The van der Waals surface area contributed by atoms with Gasteiger partial charge in [0.05, 0.1) is 18.3 Å². The predicted octanol–water partition coefficient (Wildman–Crippen LogP) is 5.87. The van der Waals surface area contributed by atoms with E-state index in [4.69, 9.17) is 4.74 Å². The van der Waals surface area contributed by atoms with Crippen molar-refractivity contribution in [3.63, 3.8) is 0 Å². The maximum absolute atomic E-state index is 13.3. The van der Waals surface area contributed by atoms with Crippen LogP contribution in [0.5, 0.6) is 0 Å². The second-order valence-corrected chi connectivity index (χ2v) is 10.1. The molecule has 7 heteroatoms. The Morgan fingerprint density at radius 2 is 1.59 bits per heavy atom. The van der Waals surface area contributed by atoms with Gasteiger partial charge in [-0.3, -0.25) is 14.0 Å². The largest absolute Gasteiger partial charge is 0.465 e. The first kappa shape index (κ1) is 26.6. The molecule has 0 radical (unpaired) electrons. The molecule has 0 spiro atoms. The van der Waals surface area contributed by atoms with Gasteiger partial charge in [-0.2, -0.15) is 0 Å². The molecule has 1 aromatic heterocycles. The molecule has 0 amide bonds. The van der Waals surface area contributed by atoms with Crippen LogP contribution in [0.2, 0.25) is 0 Å². The Morgan fingerprint density at radius 1 is 0.923 bits per heavy atom. The van der Waals surface area contributed by atoms with Crippen LogP contribution < -0.4 is 5.69 Å². The van der Waals surface area contributed by atoms with E-state index in [-0.39, 0.29) is 29.6 Å². The van der Waals surface area contributed by atoms with Gasteiger partial charge in [-0.25, -0.2) is 14.0 Å². The number of hydrogen-bond acceptors (Lipinski definition) is 4. The lowest BCUT2D eigenvalue weighted by molar-refractivity contribution is -0.150. The van der Waals surface area contributed by atoms with Crippen LogP contribution in [0.1, 0.15) is 61.4 Å². The number of piperidine rings is 1. The zero-order valence-electron chi connectivity index (χ0n) is 22.4. The van der Waals surface area contributed by atoms with Crippen LogP contribution in [0.3, 0.4) is 0 Å². The number of hydrogen-bond donors (Lipinski definition) is 0. The summed E-state index contributed by atoms with van der Waals surface area (Å²) in [5, 5.41) is 0. The summed E-state index contributed by atoms with van der Waals surface area (Å²) in [6, 6.07) is 23.7. The minimum atomic E-state index is -0.386. The van der Waals surface area contributed by atoms with Crippen molar-refractivity contribution in [1.29, 1.82) is 0 Å². The van der Waals surface area contributed by atoms with Crippen molar-refractivity contribution in [2.75, 3.05) is 19.7 Å². The topological polar surface area (TPSA) is 56.5 Å². The summed E-state index contributed by atoms with van der Waals surface area (Å²) in [4.78, 5) is 28.2. The Labute approximate surface area is 228 Å². The molecule has 4 aromatic rings. The lowest BCUT2D eigenvalue weighted by Gasteiger charge is -2.36. The summed E-state index contributed by atoms with van der Waals surface area (Å²) in [5.74, 6) is -0.108. The number of carbonyl (C=O) groups excluding carboxylic acids is 1. The number of carbonyl (C=O) groups is 1. The molecule has 5 rings (SSSR count). The quantitative estimate of drug-likeness (QED) is 0.269. The number of ether oxygens (including phenoxy) is 1. The van der Waals surface area contributed by atoms with Crippen molar-refractivity contribution in [2.45, 2.75) is 44.7 Å². The van der Waals surface area contributed by atoms with Crippen LogP contribution in [0.25, 0.3) is 5.69 Å². The zero-order chi connectivity index (χ0) is 27.4. The highest BCUT2D eigenvalue weighted by Gasteiger charge is 2.32. The monoisotopic (exact) mass is 527 g/mol. The van der Waals surface area contributed by atoms with Gasteiger partial charge in [0.15, 0.2) is 0 Å². The van der Waals surface area contributed by atoms with Gasteiger partial charge in [0.2, 0.25) is 0 Å². The molecule has 0 aliphatic carbocycles. The van der Waals surface area contributed by atoms with Gasteiger partial charge in [-0.15, -0.1) is 0 Å². The molecule has 39 heavy (non-hydrogen) atoms. The van der Waals surface area contributed by atoms with Crippen molar-refractivity contribution < 1.29 is 13.9 Å². The normalized spacial score (nSPS) is 16.1. The Bertz CT molecular complexity index is 1440. The molecule has 1 saturated heterocycles. The number of rotatable bonds is 8. The summed E-state index contributed by atoms with van der Waals surface area (Å²) < 4.78 is 22.0. The van der Waals surface area contributed by atoms with E-state index < -0.39 is 0 Å². The average molecular weight is 528 g/mol. The van der Waals surface area contributed by atoms with Crippen LogP contribution in [0.15, 0.2) is 96.1 Å². The third kappa shape index (κ3) is 5.73. The number of aromatic nitrogens is 2. The standard InChI is InChI=1S/C32H34FN3O3/c1-3-39-31(37)30(27-7-5-4-6-8-27)34-19-17-26(18-20-34)25-11-15-29(16-12-25)36-22-21-35(32(36)38)23(2)24-9-13-28(33)14-10-24/h4-16,21-23,26,30H,3,17-20H2,1-2H3/t23-,30?/m0/s1. The molecule has 2 atom stereocenters. The molecule has 2 heterocycles. The van der Waals surface area contributed by atoms with Gasteiger partial charge in [-0.1, -0.05) is 54.6 Å². The molecule has 0 N–H and O–H groups in total. The van der Waals surface area contributed by atoms with E-state index in [2.05, 4.69) is 17.0 Å². The van der Waals surface area contributed by atoms with Gasteiger partial charge in [-0.05, 0) is 86.7 Å². The Hall–Kier alpha value is -3.97. The molecule has 202 valence electrons. The Kier molecular flexibility index (Phi) is 8.07. The third-order valence-corrected chi connectivity index (χ3v) is 7.74. The molecule has 1 fully saturated rings. The van der Waals surface area contributed by atoms with Crippen LogP contribution >= 0.6 is 0 Å². The average Bonchev–Trinajstić information content (AvgIpc) is 3.35. The summed E-state index contributed by atoms with van der Waals surface area (Å²) in [5.41, 5.74) is 3.73. The molecule has 1 aliphatic heterocycles.